The number of carbonyl (C=O) groups is 1. The number of rotatable bonds is 23. The molecule has 0 radical (unpaired) electrons. The van der Waals surface area contributed by atoms with Crippen LogP contribution in [0.4, 0.5) is 5.69 Å². The molecule has 3 aromatic carbocycles. The van der Waals surface area contributed by atoms with Gasteiger partial charge in [-0.1, -0.05) is 90.9 Å². The standard InChI is InChI=1S/C40H55NO4/c1-4-6-8-10-11-12-13-14-15-17-31-43-37-27-21-35(22-28-37)40(42)45-39-25-19-34(20-26-39)32-41-36-23-29-38(30-24-36)44-33(3)18-16-9-7-5-2/h19-30,32-33H,4-18,31H2,1-3H3/t33-/m0/s1. The zero-order valence-electron chi connectivity index (χ0n) is 28.0. The summed E-state index contributed by atoms with van der Waals surface area (Å²) in [4.78, 5) is 17.2. The van der Waals surface area contributed by atoms with Gasteiger partial charge in [-0.2, -0.15) is 0 Å². The van der Waals surface area contributed by atoms with E-state index in [4.69, 9.17) is 14.2 Å². The second-order valence-electron chi connectivity index (χ2n) is 12.0. The average Bonchev–Trinajstić information content (AvgIpc) is 3.06. The maximum atomic E-state index is 12.7. The fourth-order valence-electron chi connectivity index (χ4n) is 5.16. The Kier molecular flexibility index (Phi) is 17.5. The van der Waals surface area contributed by atoms with E-state index in [0.717, 1.165) is 35.6 Å². The van der Waals surface area contributed by atoms with Gasteiger partial charge in [0.25, 0.3) is 0 Å². The van der Waals surface area contributed by atoms with Gasteiger partial charge in [-0.25, -0.2) is 4.79 Å². The van der Waals surface area contributed by atoms with Crippen molar-refractivity contribution in [1.82, 2.24) is 0 Å². The van der Waals surface area contributed by atoms with Crippen LogP contribution < -0.4 is 14.2 Å². The highest BCUT2D eigenvalue weighted by Gasteiger charge is 2.09. The van der Waals surface area contributed by atoms with E-state index in [0.29, 0.717) is 17.9 Å². The van der Waals surface area contributed by atoms with Gasteiger partial charge in [0.05, 0.1) is 24.0 Å². The van der Waals surface area contributed by atoms with Crippen molar-refractivity contribution < 1.29 is 19.0 Å². The highest BCUT2D eigenvalue weighted by atomic mass is 16.5. The first kappa shape index (κ1) is 35.9. The minimum absolute atomic E-state index is 0.210. The summed E-state index contributed by atoms with van der Waals surface area (Å²) in [7, 11) is 0. The van der Waals surface area contributed by atoms with Crippen LogP contribution in [0.5, 0.6) is 17.2 Å². The number of carbonyl (C=O) groups excluding carboxylic acids is 1. The highest BCUT2D eigenvalue weighted by molar-refractivity contribution is 5.91. The lowest BCUT2D eigenvalue weighted by atomic mass is 10.1. The summed E-state index contributed by atoms with van der Waals surface area (Å²) in [6.07, 6.45) is 21.1. The molecule has 0 unspecified atom stereocenters. The Morgan fingerprint density at radius 3 is 1.80 bits per heavy atom. The van der Waals surface area contributed by atoms with Crippen LogP contribution in [0.2, 0.25) is 0 Å². The van der Waals surface area contributed by atoms with E-state index >= 15 is 0 Å². The number of hydrogen-bond acceptors (Lipinski definition) is 5. The fourth-order valence-corrected chi connectivity index (χ4v) is 5.16. The quantitative estimate of drug-likeness (QED) is 0.0462. The predicted molar refractivity (Wildman–Crippen MR) is 188 cm³/mol. The zero-order chi connectivity index (χ0) is 32.0. The molecule has 0 bridgehead atoms. The van der Waals surface area contributed by atoms with Gasteiger partial charge in [-0.05, 0) is 105 Å². The van der Waals surface area contributed by atoms with Crippen LogP contribution >= 0.6 is 0 Å². The van der Waals surface area contributed by atoms with Crippen molar-refractivity contribution in [2.24, 2.45) is 4.99 Å². The third-order valence-corrected chi connectivity index (χ3v) is 7.95. The van der Waals surface area contributed by atoms with E-state index in [1.807, 2.05) is 48.5 Å². The van der Waals surface area contributed by atoms with Gasteiger partial charge in [0, 0.05) is 6.21 Å². The van der Waals surface area contributed by atoms with Crippen LogP contribution in [0.1, 0.15) is 133 Å². The van der Waals surface area contributed by atoms with Crippen LogP contribution in [0, 0.1) is 0 Å². The van der Waals surface area contributed by atoms with Gasteiger partial charge >= 0.3 is 5.97 Å². The molecule has 0 aromatic heterocycles. The molecule has 0 N–H and O–H groups in total. The van der Waals surface area contributed by atoms with Crippen molar-refractivity contribution in [2.45, 2.75) is 123 Å². The molecule has 0 heterocycles. The third-order valence-electron chi connectivity index (χ3n) is 7.95. The molecule has 3 rings (SSSR count). The molecule has 0 saturated carbocycles. The van der Waals surface area contributed by atoms with Crippen LogP contribution in [-0.4, -0.2) is 24.9 Å². The van der Waals surface area contributed by atoms with Crippen LogP contribution in [0.25, 0.3) is 0 Å². The van der Waals surface area contributed by atoms with Gasteiger partial charge in [0.1, 0.15) is 17.2 Å². The lowest BCUT2D eigenvalue weighted by Crippen LogP contribution is -2.11. The van der Waals surface area contributed by atoms with Crippen LogP contribution in [0.3, 0.4) is 0 Å². The number of hydrogen-bond donors (Lipinski definition) is 0. The van der Waals surface area contributed by atoms with E-state index < -0.39 is 5.97 Å². The summed E-state index contributed by atoms with van der Waals surface area (Å²) in [5, 5.41) is 0. The summed E-state index contributed by atoms with van der Waals surface area (Å²) in [5.41, 5.74) is 2.26. The summed E-state index contributed by atoms with van der Waals surface area (Å²) < 4.78 is 17.5. The Balaban J connectivity index is 1.33. The minimum Gasteiger partial charge on any atom is -0.494 e. The van der Waals surface area contributed by atoms with Crippen LogP contribution in [0.15, 0.2) is 77.8 Å². The summed E-state index contributed by atoms with van der Waals surface area (Å²) in [5.74, 6) is 1.74. The van der Waals surface area contributed by atoms with Crippen molar-refractivity contribution >= 4 is 17.9 Å². The van der Waals surface area contributed by atoms with E-state index in [1.165, 1.54) is 83.5 Å². The Bertz CT molecular complexity index is 1220. The Labute approximate surface area is 272 Å². The van der Waals surface area contributed by atoms with Gasteiger partial charge < -0.3 is 14.2 Å². The summed E-state index contributed by atoms with van der Waals surface area (Å²) in [6.45, 7) is 7.32. The number of nitrogens with zero attached hydrogens (tertiary/aromatic N) is 1. The molecule has 244 valence electrons. The highest BCUT2D eigenvalue weighted by Crippen LogP contribution is 2.22. The molecule has 5 nitrogen and oxygen atoms in total. The molecule has 0 aliphatic carbocycles. The van der Waals surface area contributed by atoms with Gasteiger partial charge in [-0.3, -0.25) is 4.99 Å². The maximum absolute atomic E-state index is 12.7. The second kappa shape index (κ2) is 22.0. The van der Waals surface area contributed by atoms with Crippen molar-refractivity contribution in [3.8, 4) is 17.2 Å². The Hall–Kier alpha value is -3.60. The van der Waals surface area contributed by atoms with Crippen molar-refractivity contribution in [3.63, 3.8) is 0 Å². The normalized spacial score (nSPS) is 11.9. The van der Waals surface area contributed by atoms with E-state index in [2.05, 4.69) is 25.8 Å². The van der Waals surface area contributed by atoms with Gasteiger partial charge in [-0.15, -0.1) is 0 Å². The lowest BCUT2D eigenvalue weighted by Gasteiger charge is -2.14. The molecule has 0 aliphatic rings. The molecule has 45 heavy (non-hydrogen) atoms. The maximum Gasteiger partial charge on any atom is 0.343 e. The first-order valence-electron chi connectivity index (χ1n) is 17.4. The fraction of sp³-hybridized carbons (Fsp3) is 0.500. The second-order valence-corrected chi connectivity index (χ2v) is 12.0. The van der Waals surface area contributed by atoms with Gasteiger partial charge in [0.15, 0.2) is 0 Å². The van der Waals surface area contributed by atoms with Crippen molar-refractivity contribution in [3.05, 3.63) is 83.9 Å². The predicted octanol–water partition coefficient (Wildman–Crippen LogP) is 11.7. The van der Waals surface area contributed by atoms with Crippen LogP contribution in [-0.2, 0) is 0 Å². The van der Waals surface area contributed by atoms with Crippen molar-refractivity contribution in [2.75, 3.05) is 6.61 Å². The molecule has 0 saturated heterocycles. The Morgan fingerprint density at radius 1 is 0.644 bits per heavy atom. The topological polar surface area (TPSA) is 57.1 Å². The molecule has 0 amide bonds. The zero-order valence-corrected chi connectivity index (χ0v) is 28.0. The molecular formula is C40H55NO4. The SMILES string of the molecule is CCCCCCCCCCCCOc1ccc(C(=O)Oc2ccc(C=Nc3ccc(O[C@@H](C)CCCCCC)cc3)cc2)cc1. The first-order chi connectivity index (χ1) is 22.1. The van der Waals surface area contributed by atoms with E-state index in [9.17, 15) is 4.79 Å². The lowest BCUT2D eigenvalue weighted by molar-refractivity contribution is 0.0734. The van der Waals surface area contributed by atoms with Crippen molar-refractivity contribution in [1.29, 1.82) is 0 Å². The Morgan fingerprint density at radius 2 is 1.18 bits per heavy atom. The minimum atomic E-state index is -0.393. The average molecular weight is 614 g/mol. The van der Waals surface area contributed by atoms with Gasteiger partial charge in [0.2, 0.25) is 0 Å². The number of ether oxygens (including phenoxy) is 3. The number of aliphatic imine (C=N–C) groups is 1. The monoisotopic (exact) mass is 613 g/mol. The first-order valence-corrected chi connectivity index (χ1v) is 17.4. The van der Waals surface area contributed by atoms with E-state index in [1.54, 1.807) is 30.5 Å². The third kappa shape index (κ3) is 15.3. The molecule has 0 aliphatic heterocycles. The van der Waals surface area contributed by atoms with E-state index in [-0.39, 0.29) is 6.10 Å². The summed E-state index contributed by atoms with van der Waals surface area (Å²) in [6, 6.07) is 22.3. The molecule has 0 spiro atoms. The largest absolute Gasteiger partial charge is 0.494 e. The molecule has 0 fully saturated rings. The molecule has 1 atom stereocenters. The summed E-state index contributed by atoms with van der Waals surface area (Å²) >= 11 is 0. The molecular weight excluding hydrogens is 558 g/mol. The smallest absolute Gasteiger partial charge is 0.343 e. The molecule has 3 aromatic rings. The number of esters is 1. The number of benzene rings is 3. The molecule has 5 heteroatoms. The number of unbranched alkanes of at least 4 members (excludes halogenated alkanes) is 12.